The monoisotopic (exact) mass is 354 g/mol. The van der Waals surface area contributed by atoms with E-state index >= 15 is 0 Å². The van der Waals surface area contributed by atoms with Crippen molar-refractivity contribution >= 4 is 23.4 Å². The Hall–Kier alpha value is -1.79. The van der Waals surface area contributed by atoms with Crippen LogP contribution in [-0.4, -0.2) is 31.6 Å². The molecule has 1 aliphatic heterocycles. The highest BCUT2D eigenvalue weighted by Crippen LogP contribution is 2.21. The van der Waals surface area contributed by atoms with Crippen molar-refractivity contribution in [1.29, 1.82) is 0 Å². The van der Waals surface area contributed by atoms with Gasteiger partial charge >= 0.3 is 0 Å². The Morgan fingerprint density at radius 3 is 2.75 bits per heavy atom. The van der Waals surface area contributed by atoms with Crippen LogP contribution in [0.5, 0.6) is 5.75 Å². The maximum Gasteiger partial charge on any atom is 0.241 e. The highest BCUT2D eigenvalue weighted by atomic mass is 35.5. The van der Waals surface area contributed by atoms with Crippen molar-refractivity contribution in [2.45, 2.75) is 32.6 Å². The van der Waals surface area contributed by atoms with Gasteiger partial charge in [-0.2, -0.15) is 0 Å². The van der Waals surface area contributed by atoms with Gasteiger partial charge in [-0.05, 0) is 49.9 Å². The van der Waals surface area contributed by atoms with Crippen molar-refractivity contribution in [3.63, 3.8) is 0 Å². The second kappa shape index (κ2) is 9.49. The summed E-state index contributed by atoms with van der Waals surface area (Å²) in [4.78, 5) is 23.6. The number of carbonyl (C=O) groups excluding carboxylic acids is 2. The zero-order valence-electron chi connectivity index (χ0n) is 13.8. The van der Waals surface area contributed by atoms with Crippen LogP contribution in [0.4, 0.5) is 0 Å². The van der Waals surface area contributed by atoms with Gasteiger partial charge in [0, 0.05) is 30.6 Å². The number of hydrazine groups is 1. The van der Waals surface area contributed by atoms with Gasteiger partial charge in [0.05, 0.1) is 6.61 Å². The largest absolute Gasteiger partial charge is 0.493 e. The first-order valence-corrected chi connectivity index (χ1v) is 8.49. The summed E-state index contributed by atoms with van der Waals surface area (Å²) in [6, 6.07) is 5.41. The van der Waals surface area contributed by atoms with Gasteiger partial charge in [-0.25, -0.2) is 0 Å². The van der Waals surface area contributed by atoms with Gasteiger partial charge in [-0.15, -0.1) is 0 Å². The zero-order chi connectivity index (χ0) is 17.4. The van der Waals surface area contributed by atoms with E-state index in [1.165, 1.54) is 0 Å². The Kier molecular flexibility index (Phi) is 7.34. The predicted octanol–water partition coefficient (Wildman–Crippen LogP) is 2.38. The Morgan fingerprint density at radius 1 is 1.29 bits per heavy atom. The first kappa shape index (κ1) is 18.5. The normalized spacial score (nSPS) is 14.9. The van der Waals surface area contributed by atoms with E-state index in [1.807, 2.05) is 19.1 Å². The molecule has 0 spiro atoms. The molecule has 7 heteroatoms. The van der Waals surface area contributed by atoms with Crippen LogP contribution in [0.1, 0.15) is 31.2 Å². The summed E-state index contributed by atoms with van der Waals surface area (Å²) in [5.41, 5.74) is 5.88. The smallest absolute Gasteiger partial charge is 0.241 e. The minimum Gasteiger partial charge on any atom is -0.493 e. The Morgan fingerprint density at radius 2 is 2.04 bits per heavy atom. The Balaban J connectivity index is 1.60. The molecule has 0 atom stereocenters. The van der Waals surface area contributed by atoms with Gasteiger partial charge in [0.1, 0.15) is 5.75 Å². The molecular weight excluding hydrogens is 332 g/mol. The first-order valence-electron chi connectivity index (χ1n) is 8.11. The molecule has 0 unspecified atom stereocenters. The van der Waals surface area contributed by atoms with E-state index in [9.17, 15) is 9.59 Å². The lowest BCUT2D eigenvalue weighted by Gasteiger charge is -2.21. The van der Waals surface area contributed by atoms with Crippen molar-refractivity contribution in [1.82, 2.24) is 10.9 Å². The molecule has 0 bridgehead atoms. The molecule has 2 amide bonds. The molecule has 6 nitrogen and oxygen atoms in total. The van der Waals surface area contributed by atoms with Crippen LogP contribution >= 0.6 is 11.6 Å². The standard InChI is InChI=1S/C17H23ClN2O4/c1-12-11-14(18)4-5-15(12)24-8-2-3-16(21)19-20-17(22)13-6-9-23-10-7-13/h4-5,11,13H,2-3,6-10H2,1H3,(H,19,21)(H,20,22). The first-order chi connectivity index (χ1) is 11.6. The van der Waals surface area contributed by atoms with Gasteiger partial charge < -0.3 is 9.47 Å². The van der Waals surface area contributed by atoms with Crippen molar-refractivity contribution in [3.8, 4) is 5.75 Å². The summed E-state index contributed by atoms with van der Waals surface area (Å²) in [5.74, 6) is 0.286. The third kappa shape index (κ3) is 6.02. The van der Waals surface area contributed by atoms with E-state index < -0.39 is 0 Å². The van der Waals surface area contributed by atoms with E-state index in [2.05, 4.69) is 10.9 Å². The van der Waals surface area contributed by atoms with E-state index in [0.717, 1.165) is 11.3 Å². The highest BCUT2D eigenvalue weighted by molar-refractivity contribution is 6.30. The molecule has 1 saturated heterocycles. The quantitative estimate of drug-likeness (QED) is 0.607. The molecule has 132 valence electrons. The summed E-state index contributed by atoms with van der Waals surface area (Å²) in [6.07, 6.45) is 2.22. The molecule has 1 aromatic carbocycles. The number of amides is 2. The summed E-state index contributed by atoms with van der Waals surface area (Å²) in [6.45, 7) is 3.52. The minimum atomic E-state index is -0.230. The number of hydrogen-bond donors (Lipinski definition) is 2. The third-order valence-electron chi connectivity index (χ3n) is 3.86. The lowest BCUT2D eigenvalue weighted by molar-refractivity contribution is -0.133. The highest BCUT2D eigenvalue weighted by Gasteiger charge is 2.21. The minimum absolute atomic E-state index is 0.0877. The van der Waals surface area contributed by atoms with E-state index in [-0.39, 0.29) is 24.2 Å². The van der Waals surface area contributed by atoms with Crippen molar-refractivity contribution in [2.24, 2.45) is 5.92 Å². The SMILES string of the molecule is Cc1cc(Cl)ccc1OCCCC(=O)NNC(=O)C1CCOCC1. The topological polar surface area (TPSA) is 76.7 Å². The molecule has 1 aliphatic rings. The van der Waals surface area contributed by atoms with Crippen molar-refractivity contribution < 1.29 is 19.1 Å². The Bertz CT molecular complexity index is 574. The van der Waals surface area contributed by atoms with Crippen LogP contribution in [0.25, 0.3) is 0 Å². The lowest BCUT2D eigenvalue weighted by Crippen LogP contribution is -2.45. The number of benzene rings is 1. The predicted molar refractivity (Wildman–Crippen MR) is 90.7 cm³/mol. The fraction of sp³-hybridized carbons (Fsp3) is 0.529. The average molecular weight is 355 g/mol. The van der Waals surface area contributed by atoms with Gasteiger partial charge in [-0.1, -0.05) is 11.6 Å². The van der Waals surface area contributed by atoms with Gasteiger partial charge in [0.2, 0.25) is 11.8 Å². The van der Waals surface area contributed by atoms with Crippen molar-refractivity contribution in [3.05, 3.63) is 28.8 Å². The third-order valence-corrected chi connectivity index (χ3v) is 4.10. The number of aryl methyl sites for hydroxylation is 1. The number of halogens is 1. The number of nitrogens with one attached hydrogen (secondary N) is 2. The van der Waals surface area contributed by atoms with Crippen molar-refractivity contribution in [2.75, 3.05) is 19.8 Å². The van der Waals surface area contributed by atoms with Crippen LogP contribution in [-0.2, 0) is 14.3 Å². The summed E-state index contributed by atoms with van der Waals surface area (Å²) in [5, 5.41) is 0.666. The summed E-state index contributed by atoms with van der Waals surface area (Å²) in [7, 11) is 0. The number of ether oxygens (including phenoxy) is 2. The lowest BCUT2D eigenvalue weighted by atomic mass is 10.00. The van der Waals surface area contributed by atoms with E-state index in [0.29, 0.717) is 44.1 Å². The maximum absolute atomic E-state index is 11.9. The molecule has 2 rings (SSSR count). The molecule has 1 fully saturated rings. The van der Waals surface area contributed by atoms with E-state index in [1.54, 1.807) is 6.07 Å². The van der Waals surface area contributed by atoms with Gasteiger partial charge in [-0.3, -0.25) is 20.4 Å². The fourth-order valence-electron chi connectivity index (χ4n) is 2.45. The summed E-state index contributed by atoms with van der Waals surface area (Å²) >= 11 is 5.89. The molecule has 0 saturated carbocycles. The molecule has 0 radical (unpaired) electrons. The fourth-order valence-corrected chi connectivity index (χ4v) is 2.67. The van der Waals surface area contributed by atoms with Crippen LogP contribution in [0.2, 0.25) is 5.02 Å². The summed E-state index contributed by atoms with van der Waals surface area (Å²) < 4.78 is 10.8. The average Bonchev–Trinajstić information content (AvgIpc) is 2.59. The van der Waals surface area contributed by atoms with Crippen LogP contribution in [0.15, 0.2) is 18.2 Å². The van der Waals surface area contributed by atoms with Crippen LogP contribution < -0.4 is 15.6 Å². The molecule has 0 aliphatic carbocycles. The molecule has 1 aromatic rings. The van der Waals surface area contributed by atoms with Crippen LogP contribution in [0.3, 0.4) is 0 Å². The van der Waals surface area contributed by atoms with Gasteiger partial charge in [0.25, 0.3) is 0 Å². The molecular formula is C17H23ClN2O4. The number of hydrogen-bond acceptors (Lipinski definition) is 4. The second-order valence-corrected chi connectivity index (χ2v) is 6.22. The number of carbonyl (C=O) groups is 2. The van der Waals surface area contributed by atoms with Crippen LogP contribution in [0, 0.1) is 12.8 Å². The molecule has 2 N–H and O–H groups in total. The zero-order valence-corrected chi connectivity index (χ0v) is 14.5. The Labute approximate surface area is 146 Å². The maximum atomic E-state index is 11.9. The molecule has 1 heterocycles. The van der Waals surface area contributed by atoms with Gasteiger partial charge in [0.15, 0.2) is 0 Å². The molecule has 0 aromatic heterocycles. The number of rotatable bonds is 6. The molecule has 24 heavy (non-hydrogen) atoms. The second-order valence-electron chi connectivity index (χ2n) is 5.79. The van der Waals surface area contributed by atoms with E-state index in [4.69, 9.17) is 21.1 Å².